The molecule has 54 valence electrons. The van der Waals surface area contributed by atoms with Crippen LogP contribution in [0.2, 0.25) is 0 Å². The average molecular weight is 205 g/mol. The minimum Gasteiger partial charge on any atom is -0.495 e. The summed E-state index contributed by atoms with van der Waals surface area (Å²) in [4.78, 5) is 0. The first kappa shape index (κ1) is 7.54. The van der Waals surface area contributed by atoms with Gasteiger partial charge in [-0.2, -0.15) is 0 Å². The highest BCUT2D eigenvalue weighted by Crippen LogP contribution is 2.26. The smallest absolute Gasteiger partial charge is 0.141 e. The first-order valence-electron chi connectivity index (χ1n) is 2.73. The lowest BCUT2D eigenvalue weighted by atomic mass is 10.3. The van der Waals surface area contributed by atoms with Crippen LogP contribution in [0.1, 0.15) is 0 Å². The van der Waals surface area contributed by atoms with Crippen molar-refractivity contribution in [1.82, 2.24) is 0 Å². The Morgan fingerprint density at radius 3 is 2.70 bits per heavy atom. The van der Waals surface area contributed by atoms with E-state index in [0.29, 0.717) is 10.2 Å². The van der Waals surface area contributed by atoms with Crippen LogP contribution in [0, 0.1) is 5.82 Å². The van der Waals surface area contributed by atoms with Crippen LogP contribution in [0.5, 0.6) is 5.75 Å². The first-order valence-corrected chi connectivity index (χ1v) is 3.53. The second kappa shape index (κ2) is 3.01. The average Bonchev–Trinajstić information content (AvgIpc) is 1.95. The van der Waals surface area contributed by atoms with Gasteiger partial charge in [0.05, 0.1) is 11.6 Å². The van der Waals surface area contributed by atoms with Gasteiger partial charge in [-0.15, -0.1) is 0 Å². The molecule has 0 N–H and O–H groups in total. The molecular formula is C7H6BrFO. The van der Waals surface area contributed by atoms with Gasteiger partial charge in [0, 0.05) is 0 Å². The van der Waals surface area contributed by atoms with Gasteiger partial charge in [-0.25, -0.2) is 4.39 Å². The molecule has 0 aliphatic carbocycles. The Balaban J connectivity index is 3.14. The highest BCUT2D eigenvalue weighted by Gasteiger charge is 2.02. The van der Waals surface area contributed by atoms with E-state index in [-0.39, 0.29) is 5.82 Å². The Labute approximate surface area is 66.9 Å². The molecule has 1 aromatic carbocycles. The number of hydrogen-bond acceptors (Lipinski definition) is 1. The van der Waals surface area contributed by atoms with E-state index in [4.69, 9.17) is 4.74 Å². The molecule has 0 spiro atoms. The number of ether oxygens (including phenoxy) is 1. The fourth-order valence-corrected chi connectivity index (χ4v) is 1.07. The first-order chi connectivity index (χ1) is 4.75. The van der Waals surface area contributed by atoms with Crippen LogP contribution in [0.15, 0.2) is 22.7 Å². The summed E-state index contributed by atoms with van der Waals surface area (Å²) >= 11 is 3.04. The molecule has 0 saturated carbocycles. The van der Waals surface area contributed by atoms with Crippen molar-refractivity contribution in [3.63, 3.8) is 0 Å². The van der Waals surface area contributed by atoms with Crippen molar-refractivity contribution in [3.05, 3.63) is 28.5 Å². The molecule has 1 aromatic rings. The number of halogens is 2. The highest BCUT2D eigenvalue weighted by atomic mass is 79.9. The minimum absolute atomic E-state index is 0.306. The van der Waals surface area contributed by atoms with Gasteiger partial charge in [0.25, 0.3) is 0 Å². The maximum absolute atomic E-state index is 12.6. The van der Waals surface area contributed by atoms with Crippen LogP contribution in [-0.4, -0.2) is 7.11 Å². The molecule has 0 aliphatic heterocycles. The van der Waals surface area contributed by atoms with Crippen LogP contribution in [0.4, 0.5) is 4.39 Å². The second-order valence-electron chi connectivity index (χ2n) is 1.76. The molecule has 0 atom stereocenters. The van der Waals surface area contributed by atoms with E-state index in [1.165, 1.54) is 13.2 Å². The van der Waals surface area contributed by atoms with E-state index in [0.717, 1.165) is 0 Å². The molecule has 0 bridgehead atoms. The molecule has 3 heteroatoms. The molecule has 0 aliphatic rings. The van der Waals surface area contributed by atoms with Crippen LogP contribution >= 0.6 is 15.9 Å². The second-order valence-corrected chi connectivity index (χ2v) is 2.55. The SMILES string of the molecule is COc1cccc(F)c1Br. The van der Waals surface area contributed by atoms with Gasteiger partial charge < -0.3 is 4.74 Å². The lowest BCUT2D eigenvalue weighted by Crippen LogP contribution is -1.85. The van der Waals surface area contributed by atoms with Crippen LogP contribution in [-0.2, 0) is 0 Å². The monoisotopic (exact) mass is 204 g/mol. The zero-order valence-corrected chi connectivity index (χ0v) is 6.98. The van der Waals surface area contributed by atoms with Gasteiger partial charge in [-0.3, -0.25) is 0 Å². The van der Waals surface area contributed by atoms with E-state index in [2.05, 4.69) is 15.9 Å². The topological polar surface area (TPSA) is 9.23 Å². The molecule has 0 radical (unpaired) electrons. The molecule has 0 fully saturated rings. The summed E-state index contributed by atoms with van der Waals surface area (Å²) in [6.45, 7) is 0. The van der Waals surface area contributed by atoms with Crippen LogP contribution in [0.25, 0.3) is 0 Å². The summed E-state index contributed by atoms with van der Waals surface area (Å²) in [7, 11) is 1.50. The Morgan fingerprint density at radius 1 is 1.50 bits per heavy atom. The Bertz CT molecular complexity index is 237. The molecule has 0 saturated heterocycles. The van der Waals surface area contributed by atoms with Gasteiger partial charge in [0.2, 0.25) is 0 Å². The third kappa shape index (κ3) is 1.29. The van der Waals surface area contributed by atoms with Gasteiger partial charge >= 0.3 is 0 Å². The molecule has 1 nitrogen and oxygen atoms in total. The maximum atomic E-state index is 12.6. The summed E-state index contributed by atoms with van der Waals surface area (Å²) < 4.78 is 17.9. The zero-order valence-electron chi connectivity index (χ0n) is 5.40. The molecule has 0 unspecified atom stereocenters. The standard InChI is InChI=1S/C7H6BrFO/c1-10-6-4-2-3-5(9)7(6)8/h2-4H,1H3. The van der Waals surface area contributed by atoms with Crippen molar-refractivity contribution in [2.45, 2.75) is 0 Å². The Hall–Kier alpha value is -0.570. The molecule has 0 heterocycles. The van der Waals surface area contributed by atoms with Crippen molar-refractivity contribution < 1.29 is 9.13 Å². The summed E-state index contributed by atoms with van der Waals surface area (Å²) in [6, 6.07) is 4.65. The van der Waals surface area contributed by atoms with Crippen LogP contribution in [0.3, 0.4) is 0 Å². The zero-order chi connectivity index (χ0) is 7.56. The van der Waals surface area contributed by atoms with Gasteiger partial charge in [-0.1, -0.05) is 6.07 Å². The third-order valence-corrected chi connectivity index (χ3v) is 1.91. The maximum Gasteiger partial charge on any atom is 0.141 e. The van der Waals surface area contributed by atoms with Crippen molar-refractivity contribution in [2.24, 2.45) is 0 Å². The van der Waals surface area contributed by atoms with Crippen molar-refractivity contribution >= 4 is 15.9 Å². The quantitative estimate of drug-likeness (QED) is 0.684. The largest absolute Gasteiger partial charge is 0.495 e. The van der Waals surface area contributed by atoms with E-state index in [1.807, 2.05) is 0 Å². The highest BCUT2D eigenvalue weighted by molar-refractivity contribution is 9.10. The van der Waals surface area contributed by atoms with Gasteiger partial charge in [0.1, 0.15) is 11.6 Å². The third-order valence-electron chi connectivity index (χ3n) is 1.14. The van der Waals surface area contributed by atoms with Crippen molar-refractivity contribution in [1.29, 1.82) is 0 Å². The predicted molar refractivity (Wildman–Crippen MR) is 40.7 cm³/mol. The fraction of sp³-hybridized carbons (Fsp3) is 0.143. The predicted octanol–water partition coefficient (Wildman–Crippen LogP) is 2.60. The molecule has 0 aromatic heterocycles. The molecule has 0 amide bonds. The Kier molecular flexibility index (Phi) is 2.27. The van der Waals surface area contributed by atoms with Gasteiger partial charge in [0.15, 0.2) is 0 Å². The minimum atomic E-state index is -0.306. The fourth-order valence-electron chi connectivity index (χ4n) is 0.642. The number of rotatable bonds is 1. The summed E-state index contributed by atoms with van der Waals surface area (Å²) in [6.07, 6.45) is 0. The summed E-state index contributed by atoms with van der Waals surface area (Å²) in [5, 5.41) is 0. The van der Waals surface area contributed by atoms with E-state index < -0.39 is 0 Å². The summed E-state index contributed by atoms with van der Waals surface area (Å²) in [5.41, 5.74) is 0. The van der Waals surface area contributed by atoms with Gasteiger partial charge in [-0.05, 0) is 28.1 Å². The lowest BCUT2D eigenvalue weighted by molar-refractivity contribution is 0.408. The molecule has 10 heavy (non-hydrogen) atoms. The van der Waals surface area contributed by atoms with Crippen molar-refractivity contribution in [2.75, 3.05) is 7.11 Å². The molecule has 1 rings (SSSR count). The normalized spacial score (nSPS) is 9.50. The summed E-state index contributed by atoms with van der Waals surface area (Å²) in [5.74, 6) is 0.208. The lowest BCUT2D eigenvalue weighted by Gasteiger charge is -2.01. The Morgan fingerprint density at radius 2 is 2.20 bits per heavy atom. The van der Waals surface area contributed by atoms with E-state index in [9.17, 15) is 4.39 Å². The number of methoxy groups -OCH3 is 1. The van der Waals surface area contributed by atoms with Crippen LogP contribution < -0.4 is 4.74 Å². The van der Waals surface area contributed by atoms with E-state index in [1.54, 1.807) is 12.1 Å². The van der Waals surface area contributed by atoms with E-state index >= 15 is 0 Å². The number of hydrogen-bond donors (Lipinski definition) is 0. The van der Waals surface area contributed by atoms with Crippen molar-refractivity contribution in [3.8, 4) is 5.75 Å². The number of benzene rings is 1. The molecular weight excluding hydrogens is 199 g/mol.